The van der Waals surface area contributed by atoms with Crippen molar-refractivity contribution in [3.8, 4) is 5.75 Å². The van der Waals surface area contributed by atoms with Crippen molar-refractivity contribution >= 4 is 11.7 Å². The number of methoxy groups -OCH3 is 1. The Morgan fingerprint density at radius 3 is 2.54 bits per heavy atom. The topological polar surface area (TPSA) is 41.6 Å². The summed E-state index contributed by atoms with van der Waals surface area (Å²) >= 11 is 0. The van der Waals surface area contributed by atoms with Crippen LogP contribution in [0.3, 0.4) is 0 Å². The van der Waals surface area contributed by atoms with Gasteiger partial charge in [-0.15, -0.1) is 0 Å². The molecule has 1 atom stereocenters. The van der Waals surface area contributed by atoms with Crippen LogP contribution in [0.2, 0.25) is 0 Å². The summed E-state index contributed by atoms with van der Waals surface area (Å²) in [5, 5.41) is 3.00. The zero-order valence-corrected chi connectivity index (χ0v) is 14.1. The molecule has 0 aromatic heterocycles. The number of carbonyl (C=O) groups excluding carboxylic acids is 1. The number of urea groups is 1. The number of nitrogens with zero attached hydrogens (tertiary/aromatic N) is 1. The molecule has 1 heterocycles. The number of benzene rings is 2. The first-order valence-electron chi connectivity index (χ1n) is 8.51. The first-order chi connectivity index (χ1) is 11.8. The molecule has 0 radical (unpaired) electrons. The van der Waals surface area contributed by atoms with E-state index in [0.29, 0.717) is 5.92 Å². The first-order valence-corrected chi connectivity index (χ1v) is 8.51. The fourth-order valence-electron chi connectivity index (χ4n) is 3.20. The molecule has 1 unspecified atom stereocenters. The van der Waals surface area contributed by atoms with E-state index in [9.17, 15) is 4.79 Å². The highest BCUT2D eigenvalue weighted by atomic mass is 16.5. The number of hydrogen-bond donors (Lipinski definition) is 1. The summed E-state index contributed by atoms with van der Waals surface area (Å²) in [7, 11) is 1.68. The molecule has 2 aromatic rings. The summed E-state index contributed by atoms with van der Waals surface area (Å²) in [5.41, 5.74) is 2.11. The van der Waals surface area contributed by atoms with Crippen molar-refractivity contribution in [2.24, 2.45) is 0 Å². The average molecular weight is 324 g/mol. The van der Waals surface area contributed by atoms with Crippen LogP contribution in [0.15, 0.2) is 54.6 Å². The van der Waals surface area contributed by atoms with Crippen LogP contribution in [-0.2, 0) is 0 Å². The Bertz CT molecular complexity index is 655. The van der Waals surface area contributed by atoms with Gasteiger partial charge in [0.05, 0.1) is 7.11 Å². The number of hydrogen-bond acceptors (Lipinski definition) is 2. The van der Waals surface area contributed by atoms with Gasteiger partial charge in [0.25, 0.3) is 0 Å². The summed E-state index contributed by atoms with van der Waals surface area (Å²) < 4.78 is 5.23. The van der Waals surface area contributed by atoms with Crippen LogP contribution < -0.4 is 10.1 Å². The van der Waals surface area contributed by atoms with Gasteiger partial charge in [-0.3, -0.25) is 0 Å². The number of para-hydroxylation sites is 1. The molecule has 1 fully saturated rings. The van der Waals surface area contributed by atoms with E-state index in [1.165, 1.54) is 5.56 Å². The Hall–Kier alpha value is -2.49. The molecule has 2 amide bonds. The number of nitrogens with one attached hydrogen (secondary N) is 1. The number of rotatable bonds is 3. The van der Waals surface area contributed by atoms with Gasteiger partial charge in [-0.05, 0) is 42.7 Å². The Balaban J connectivity index is 1.68. The highest BCUT2D eigenvalue weighted by Crippen LogP contribution is 2.28. The maximum Gasteiger partial charge on any atom is 0.321 e. The molecule has 1 aliphatic rings. The Morgan fingerprint density at radius 1 is 1.08 bits per heavy atom. The number of likely N-dealkylation sites (tertiary alicyclic amines) is 1. The lowest BCUT2D eigenvalue weighted by Gasteiger charge is -2.25. The summed E-state index contributed by atoms with van der Waals surface area (Å²) in [6.45, 7) is 1.57. The van der Waals surface area contributed by atoms with E-state index in [1.54, 1.807) is 7.11 Å². The van der Waals surface area contributed by atoms with E-state index in [-0.39, 0.29) is 6.03 Å². The second-order valence-electron chi connectivity index (χ2n) is 6.21. The summed E-state index contributed by atoms with van der Waals surface area (Å²) in [4.78, 5) is 14.5. The van der Waals surface area contributed by atoms with Crippen LogP contribution in [-0.4, -0.2) is 31.1 Å². The predicted octanol–water partition coefficient (Wildman–Crippen LogP) is 4.50. The maximum absolute atomic E-state index is 12.6. The van der Waals surface area contributed by atoms with Gasteiger partial charge >= 0.3 is 6.03 Å². The van der Waals surface area contributed by atoms with E-state index >= 15 is 0 Å². The molecule has 2 aromatic carbocycles. The lowest BCUT2D eigenvalue weighted by Crippen LogP contribution is -2.37. The molecule has 0 saturated carbocycles. The third kappa shape index (κ3) is 4.07. The minimum atomic E-state index is -0.0124. The minimum absolute atomic E-state index is 0.0124. The number of amides is 2. The van der Waals surface area contributed by atoms with Gasteiger partial charge in [-0.2, -0.15) is 0 Å². The van der Waals surface area contributed by atoms with Crippen LogP contribution in [0.4, 0.5) is 10.5 Å². The van der Waals surface area contributed by atoms with E-state index < -0.39 is 0 Å². The second kappa shape index (κ2) is 7.86. The SMILES string of the molecule is COc1ccc(C2CCCCN(C(=O)Nc3ccccc3)C2)cc1. The first kappa shape index (κ1) is 16.4. The Kier molecular flexibility index (Phi) is 5.36. The van der Waals surface area contributed by atoms with Gasteiger partial charge in [0, 0.05) is 24.7 Å². The third-order valence-corrected chi connectivity index (χ3v) is 4.57. The van der Waals surface area contributed by atoms with E-state index in [0.717, 1.165) is 43.8 Å². The average Bonchev–Trinajstić information content (AvgIpc) is 2.89. The zero-order valence-electron chi connectivity index (χ0n) is 14.1. The van der Waals surface area contributed by atoms with Crippen molar-refractivity contribution in [1.29, 1.82) is 0 Å². The van der Waals surface area contributed by atoms with Crippen molar-refractivity contribution in [1.82, 2.24) is 4.90 Å². The molecule has 4 nitrogen and oxygen atoms in total. The number of anilines is 1. The van der Waals surface area contributed by atoms with Crippen LogP contribution in [0.1, 0.15) is 30.7 Å². The molecule has 0 aliphatic carbocycles. The van der Waals surface area contributed by atoms with E-state index in [2.05, 4.69) is 17.4 Å². The molecule has 0 spiro atoms. The quantitative estimate of drug-likeness (QED) is 0.903. The molecule has 24 heavy (non-hydrogen) atoms. The van der Waals surface area contributed by atoms with Crippen molar-refractivity contribution in [2.45, 2.75) is 25.2 Å². The van der Waals surface area contributed by atoms with E-state index in [4.69, 9.17) is 4.74 Å². The zero-order chi connectivity index (χ0) is 16.8. The monoisotopic (exact) mass is 324 g/mol. The van der Waals surface area contributed by atoms with Crippen LogP contribution in [0.25, 0.3) is 0 Å². The standard InChI is InChI=1S/C20H24N2O2/c1-24-19-12-10-16(11-13-19)17-7-5-6-14-22(15-17)20(23)21-18-8-3-2-4-9-18/h2-4,8-13,17H,5-7,14-15H2,1H3,(H,21,23). The maximum atomic E-state index is 12.6. The predicted molar refractivity (Wildman–Crippen MR) is 96.6 cm³/mol. The molecular formula is C20H24N2O2. The summed E-state index contributed by atoms with van der Waals surface area (Å²) in [6, 6.07) is 17.8. The molecule has 126 valence electrons. The fourth-order valence-corrected chi connectivity index (χ4v) is 3.20. The smallest absolute Gasteiger partial charge is 0.321 e. The number of carbonyl (C=O) groups is 1. The normalized spacial score (nSPS) is 17.9. The van der Waals surface area contributed by atoms with Gasteiger partial charge in [0.15, 0.2) is 0 Å². The van der Waals surface area contributed by atoms with Gasteiger partial charge in [-0.25, -0.2) is 4.79 Å². The fraction of sp³-hybridized carbons (Fsp3) is 0.350. The van der Waals surface area contributed by atoms with Crippen molar-refractivity contribution < 1.29 is 9.53 Å². The van der Waals surface area contributed by atoms with Crippen molar-refractivity contribution in [3.05, 3.63) is 60.2 Å². The van der Waals surface area contributed by atoms with E-state index in [1.807, 2.05) is 47.4 Å². The molecular weight excluding hydrogens is 300 g/mol. The lowest BCUT2D eigenvalue weighted by molar-refractivity contribution is 0.211. The highest BCUT2D eigenvalue weighted by Gasteiger charge is 2.23. The van der Waals surface area contributed by atoms with Gasteiger partial charge in [-0.1, -0.05) is 36.8 Å². The Labute approximate surface area is 143 Å². The Morgan fingerprint density at radius 2 is 1.83 bits per heavy atom. The van der Waals surface area contributed by atoms with Crippen molar-refractivity contribution in [3.63, 3.8) is 0 Å². The van der Waals surface area contributed by atoms with Crippen LogP contribution in [0.5, 0.6) is 5.75 Å². The second-order valence-corrected chi connectivity index (χ2v) is 6.21. The lowest BCUT2D eigenvalue weighted by atomic mass is 9.94. The van der Waals surface area contributed by atoms with Gasteiger partial charge in [0.1, 0.15) is 5.75 Å². The van der Waals surface area contributed by atoms with Gasteiger partial charge < -0.3 is 15.0 Å². The molecule has 1 saturated heterocycles. The summed E-state index contributed by atoms with van der Waals surface area (Å²) in [5.74, 6) is 1.24. The third-order valence-electron chi connectivity index (χ3n) is 4.57. The van der Waals surface area contributed by atoms with Crippen LogP contribution in [0, 0.1) is 0 Å². The minimum Gasteiger partial charge on any atom is -0.497 e. The summed E-state index contributed by atoms with van der Waals surface area (Å²) in [6.07, 6.45) is 3.31. The van der Waals surface area contributed by atoms with Crippen LogP contribution >= 0.6 is 0 Å². The van der Waals surface area contributed by atoms with Gasteiger partial charge in [0.2, 0.25) is 0 Å². The number of ether oxygens (including phenoxy) is 1. The van der Waals surface area contributed by atoms with Crippen molar-refractivity contribution in [2.75, 3.05) is 25.5 Å². The molecule has 4 heteroatoms. The molecule has 3 rings (SSSR count). The molecule has 1 aliphatic heterocycles. The highest BCUT2D eigenvalue weighted by molar-refractivity contribution is 5.89. The molecule has 0 bridgehead atoms. The largest absolute Gasteiger partial charge is 0.497 e. The molecule has 1 N–H and O–H groups in total.